The SMILES string of the molecule is c1ccc2c(c1)CCN2c1ccnc(NCC2CCCO2)n1. The summed E-state index contributed by atoms with van der Waals surface area (Å²) in [6.07, 6.45) is 5.45. The summed E-state index contributed by atoms with van der Waals surface area (Å²) in [6.45, 7) is 2.62. The molecule has 1 saturated heterocycles. The highest BCUT2D eigenvalue weighted by atomic mass is 16.5. The Morgan fingerprint density at radius 1 is 1.27 bits per heavy atom. The summed E-state index contributed by atoms with van der Waals surface area (Å²) in [5.41, 5.74) is 2.64. The van der Waals surface area contributed by atoms with Crippen molar-refractivity contribution < 1.29 is 4.74 Å². The zero-order valence-corrected chi connectivity index (χ0v) is 12.5. The van der Waals surface area contributed by atoms with Gasteiger partial charge in [0.05, 0.1) is 6.10 Å². The van der Waals surface area contributed by atoms with Gasteiger partial charge in [0.2, 0.25) is 5.95 Å². The lowest BCUT2D eigenvalue weighted by Gasteiger charge is -2.19. The second-order valence-electron chi connectivity index (χ2n) is 5.78. The molecule has 0 bridgehead atoms. The first-order chi connectivity index (χ1) is 10.9. The molecule has 1 N–H and O–H groups in total. The van der Waals surface area contributed by atoms with Crippen molar-refractivity contribution in [2.45, 2.75) is 25.4 Å². The number of anilines is 3. The smallest absolute Gasteiger partial charge is 0.224 e. The number of benzene rings is 1. The predicted molar refractivity (Wildman–Crippen MR) is 86.6 cm³/mol. The van der Waals surface area contributed by atoms with E-state index in [1.807, 2.05) is 12.3 Å². The minimum atomic E-state index is 0.291. The van der Waals surface area contributed by atoms with Crippen LogP contribution in [0.4, 0.5) is 17.5 Å². The van der Waals surface area contributed by atoms with E-state index in [2.05, 4.69) is 44.5 Å². The van der Waals surface area contributed by atoms with Gasteiger partial charge in [0, 0.05) is 31.6 Å². The number of hydrogen-bond donors (Lipinski definition) is 1. The third-order valence-corrected chi connectivity index (χ3v) is 4.32. The fourth-order valence-electron chi connectivity index (χ4n) is 3.17. The number of nitrogens with zero attached hydrogens (tertiary/aromatic N) is 3. The molecule has 3 heterocycles. The van der Waals surface area contributed by atoms with Crippen molar-refractivity contribution in [2.75, 3.05) is 29.9 Å². The van der Waals surface area contributed by atoms with E-state index in [9.17, 15) is 0 Å². The average molecular weight is 296 g/mol. The highest BCUT2D eigenvalue weighted by Gasteiger charge is 2.21. The van der Waals surface area contributed by atoms with Crippen LogP contribution in [0.1, 0.15) is 18.4 Å². The van der Waals surface area contributed by atoms with E-state index in [0.29, 0.717) is 12.1 Å². The number of para-hydroxylation sites is 1. The fraction of sp³-hybridized carbons (Fsp3) is 0.412. The number of rotatable bonds is 4. The molecule has 5 heteroatoms. The Morgan fingerprint density at radius 2 is 2.23 bits per heavy atom. The number of aromatic nitrogens is 2. The van der Waals surface area contributed by atoms with Gasteiger partial charge in [-0.1, -0.05) is 18.2 Å². The topological polar surface area (TPSA) is 50.3 Å². The standard InChI is InChI=1S/C17H20N4O/c1-2-6-15-13(4-1)8-10-21(15)16-7-9-18-17(20-16)19-12-14-5-3-11-22-14/h1-2,4,6-7,9,14H,3,5,8,10-12H2,(H,18,19,20). The molecule has 2 aromatic rings. The maximum Gasteiger partial charge on any atom is 0.224 e. The third kappa shape index (κ3) is 2.64. The van der Waals surface area contributed by atoms with Crippen LogP contribution < -0.4 is 10.2 Å². The van der Waals surface area contributed by atoms with Crippen molar-refractivity contribution in [1.82, 2.24) is 9.97 Å². The Balaban J connectivity index is 1.50. The first-order valence-corrected chi connectivity index (χ1v) is 7.94. The lowest BCUT2D eigenvalue weighted by molar-refractivity contribution is 0.120. The maximum absolute atomic E-state index is 5.62. The molecule has 0 spiro atoms. The molecule has 0 aliphatic carbocycles. The Morgan fingerprint density at radius 3 is 3.14 bits per heavy atom. The van der Waals surface area contributed by atoms with Crippen molar-refractivity contribution in [3.8, 4) is 0 Å². The van der Waals surface area contributed by atoms with Gasteiger partial charge in [-0.25, -0.2) is 4.98 Å². The lowest BCUT2D eigenvalue weighted by Crippen LogP contribution is -2.21. The van der Waals surface area contributed by atoms with Crippen molar-refractivity contribution in [2.24, 2.45) is 0 Å². The molecule has 0 radical (unpaired) electrons. The molecule has 114 valence electrons. The van der Waals surface area contributed by atoms with Crippen LogP contribution in [0.3, 0.4) is 0 Å². The summed E-state index contributed by atoms with van der Waals surface area (Å²) < 4.78 is 5.62. The maximum atomic E-state index is 5.62. The van der Waals surface area contributed by atoms with E-state index < -0.39 is 0 Å². The lowest BCUT2D eigenvalue weighted by atomic mass is 10.2. The molecule has 0 saturated carbocycles. The minimum Gasteiger partial charge on any atom is -0.376 e. The van der Waals surface area contributed by atoms with E-state index >= 15 is 0 Å². The van der Waals surface area contributed by atoms with Gasteiger partial charge in [-0.2, -0.15) is 4.98 Å². The third-order valence-electron chi connectivity index (χ3n) is 4.32. The van der Waals surface area contributed by atoms with Crippen LogP contribution in [0.15, 0.2) is 36.5 Å². The summed E-state index contributed by atoms with van der Waals surface area (Å²) in [4.78, 5) is 11.2. The quantitative estimate of drug-likeness (QED) is 0.940. The van der Waals surface area contributed by atoms with Gasteiger partial charge in [-0.15, -0.1) is 0 Å². The van der Waals surface area contributed by atoms with Gasteiger partial charge in [-0.05, 0) is 37.0 Å². The van der Waals surface area contributed by atoms with Crippen molar-refractivity contribution in [1.29, 1.82) is 0 Å². The molecular weight excluding hydrogens is 276 g/mol. The first-order valence-electron chi connectivity index (χ1n) is 7.94. The molecule has 1 aromatic carbocycles. The summed E-state index contributed by atoms with van der Waals surface area (Å²) in [5, 5.41) is 3.30. The van der Waals surface area contributed by atoms with Gasteiger partial charge < -0.3 is 15.0 Å². The summed E-state index contributed by atoms with van der Waals surface area (Å²) >= 11 is 0. The molecule has 1 fully saturated rings. The normalized spacial score (nSPS) is 20.2. The number of hydrogen-bond acceptors (Lipinski definition) is 5. The van der Waals surface area contributed by atoms with Gasteiger partial charge in [0.1, 0.15) is 5.82 Å². The van der Waals surface area contributed by atoms with E-state index in [4.69, 9.17) is 4.74 Å². The van der Waals surface area contributed by atoms with Crippen molar-refractivity contribution >= 4 is 17.5 Å². The number of fused-ring (bicyclic) bond motifs is 1. The molecule has 22 heavy (non-hydrogen) atoms. The van der Waals surface area contributed by atoms with Crippen molar-refractivity contribution in [3.63, 3.8) is 0 Å². The van der Waals surface area contributed by atoms with Crippen molar-refractivity contribution in [3.05, 3.63) is 42.1 Å². The Kier molecular flexibility index (Phi) is 3.64. The highest BCUT2D eigenvalue weighted by Crippen LogP contribution is 2.33. The fourth-order valence-corrected chi connectivity index (χ4v) is 3.17. The van der Waals surface area contributed by atoms with Gasteiger partial charge >= 0.3 is 0 Å². The largest absolute Gasteiger partial charge is 0.376 e. The number of nitrogens with one attached hydrogen (secondary N) is 1. The van der Waals surface area contributed by atoms with E-state index in [0.717, 1.165) is 44.8 Å². The summed E-state index contributed by atoms with van der Waals surface area (Å²) in [5.74, 6) is 1.63. The second kappa shape index (κ2) is 5.93. The minimum absolute atomic E-state index is 0.291. The molecule has 1 aromatic heterocycles. The van der Waals surface area contributed by atoms with Crippen LogP contribution in [-0.2, 0) is 11.2 Å². The van der Waals surface area contributed by atoms with E-state index in [1.165, 1.54) is 11.3 Å². The zero-order valence-electron chi connectivity index (χ0n) is 12.5. The van der Waals surface area contributed by atoms with Gasteiger partial charge in [0.25, 0.3) is 0 Å². The van der Waals surface area contributed by atoms with Crippen LogP contribution in [0.2, 0.25) is 0 Å². The molecule has 5 nitrogen and oxygen atoms in total. The highest BCUT2D eigenvalue weighted by molar-refractivity contribution is 5.67. The molecule has 2 aliphatic rings. The van der Waals surface area contributed by atoms with Gasteiger partial charge in [-0.3, -0.25) is 0 Å². The molecule has 4 rings (SSSR count). The first kappa shape index (κ1) is 13.5. The average Bonchev–Trinajstić information content (AvgIpc) is 3.23. The van der Waals surface area contributed by atoms with E-state index in [-0.39, 0.29) is 0 Å². The predicted octanol–water partition coefficient (Wildman–Crippen LogP) is 2.76. The molecule has 0 amide bonds. The zero-order chi connectivity index (χ0) is 14.8. The molecule has 1 atom stereocenters. The number of ether oxygens (including phenoxy) is 1. The Labute approximate surface area is 130 Å². The van der Waals surface area contributed by atoms with Gasteiger partial charge in [0.15, 0.2) is 0 Å². The molecular formula is C17H20N4O. The second-order valence-corrected chi connectivity index (χ2v) is 5.78. The Hall–Kier alpha value is -2.14. The molecule has 1 unspecified atom stereocenters. The van der Waals surface area contributed by atoms with Crippen LogP contribution >= 0.6 is 0 Å². The summed E-state index contributed by atoms with van der Waals surface area (Å²) in [7, 11) is 0. The monoisotopic (exact) mass is 296 g/mol. The molecule has 2 aliphatic heterocycles. The van der Waals surface area contributed by atoms with Crippen LogP contribution in [0, 0.1) is 0 Å². The van der Waals surface area contributed by atoms with Crippen LogP contribution in [0.5, 0.6) is 0 Å². The van der Waals surface area contributed by atoms with E-state index in [1.54, 1.807) is 0 Å². The van der Waals surface area contributed by atoms with Crippen LogP contribution in [0.25, 0.3) is 0 Å². The summed E-state index contributed by atoms with van der Waals surface area (Å²) in [6, 6.07) is 10.5. The Bertz CT molecular complexity index is 655. The van der Waals surface area contributed by atoms with Crippen LogP contribution in [-0.4, -0.2) is 35.8 Å².